The molecule has 0 spiro atoms. The highest BCUT2D eigenvalue weighted by atomic mass is 79.9. The first-order chi connectivity index (χ1) is 13.1. The Morgan fingerprint density at radius 3 is 1.82 bits per heavy atom. The topological polar surface area (TPSA) is 31.4 Å². The van der Waals surface area contributed by atoms with Crippen molar-refractivity contribution in [3.05, 3.63) is 70.0 Å². The molecule has 1 heterocycles. The number of rotatable bonds is 4. The van der Waals surface area contributed by atoms with Gasteiger partial charge in [-0.2, -0.15) is 0 Å². The molecule has 0 saturated carbocycles. The van der Waals surface area contributed by atoms with Crippen LogP contribution in [0.25, 0.3) is 11.1 Å². The van der Waals surface area contributed by atoms with Gasteiger partial charge in [-0.1, -0.05) is 12.1 Å². The van der Waals surface area contributed by atoms with E-state index in [1.165, 1.54) is 24.3 Å². The molecule has 0 aliphatic rings. The van der Waals surface area contributed by atoms with Crippen LogP contribution in [-0.4, -0.2) is 11.3 Å². The zero-order valence-corrected chi connectivity index (χ0v) is 17.0. The second kappa shape index (κ2) is 7.83. The first-order valence-electron chi connectivity index (χ1n) is 8.41. The van der Waals surface area contributed by atoms with Crippen LogP contribution in [0.15, 0.2) is 53.0 Å². The van der Waals surface area contributed by atoms with Crippen LogP contribution in [-0.2, 0) is 0 Å². The summed E-state index contributed by atoms with van der Waals surface area (Å²) in [5.74, 6) is 0.690. The predicted octanol–water partition coefficient (Wildman–Crippen LogP) is 7.13. The first kappa shape index (κ1) is 20.2. The number of ether oxygens (including phenoxy) is 2. The Balaban J connectivity index is 1.78. The van der Waals surface area contributed by atoms with E-state index in [4.69, 9.17) is 4.74 Å². The average Bonchev–Trinajstić information content (AvgIpc) is 2.62. The van der Waals surface area contributed by atoms with Gasteiger partial charge in [-0.05, 0) is 84.2 Å². The number of aryl methyl sites for hydroxylation is 2. The molecule has 28 heavy (non-hydrogen) atoms. The summed E-state index contributed by atoms with van der Waals surface area (Å²) < 4.78 is 47.2. The molecule has 3 nitrogen and oxygen atoms in total. The summed E-state index contributed by atoms with van der Waals surface area (Å²) in [5.41, 5.74) is 5.05. The Morgan fingerprint density at radius 1 is 0.786 bits per heavy atom. The minimum atomic E-state index is -4.71. The summed E-state index contributed by atoms with van der Waals surface area (Å²) in [6.45, 7) is 5.96. The highest BCUT2D eigenvalue weighted by Gasteiger charge is 2.31. The molecule has 3 rings (SSSR count). The number of pyridine rings is 1. The zero-order valence-electron chi connectivity index (χ0n) is 15.4. The Kier molecular flexibility index (Phi) is 5.65. The lowest BCUT2D eigenvalue weighted by molar-refractivity contribution is -0.274. The Hall–Kier alpha value is -2.54. The van der Waals surface area contributed by atoms with Gasteiger partial charge in [-0.25, -0.2) is 0 Å². The summed E-state index contributed by atoms with van der Waals surface area (Å²) in [6, 6.07) is 12.7. The molecular weight excluding hydrogens is 435 g/mol. The lowest BCUT2D eigenvalue weighted by Crippen LogP contribution is -2.16. The van der Waals surface area contributed by atoms with Crippen molar-refractivity contribution in [3.63, 3.8) is 0 Å². The third-order valence-electron chi connectivity index (χ3n) is 4.16. The van der Waals surface area contributed by atoms with Crippen LogP contribution in [0, 0.1) is 20.8 Å². The van der Waals surface area contributed by atoms with Crippen molar-refractivity contribution in [3.8, 4) is 28.4 Å². The van der Waals surface area contributed by atoms with Gasteiger partial charge in [0.25, 0.3) is 0 Å². The van der Waals surface area contributed by atoms with Crippen LogP contribution >= 0.6 is 15.9 Å². The van der Waals surface area contributed by atoms with Gasteiger partial charge >= 0.3 is 6.36 Å². The number of hydrogen-bond donors (Lipinski definition) is 0. The van der Waals surface area contributed by atoms with Gasteiger partial charge < -0.3 is 9.47 Å². The molecule has 0 aliphatic heterocycles. The Labute approximate surface area is 169 Å². The molecule has 0 aliphatic carbocycles. The van der Waals surface area contributed by atoms with Gasteiger partial charge in [0.2, 0.25) is 0 Å². The third kappa shape index (κ3) is 4.65. The molecule has 0 bridgehead atoms. The molecule has 0 amide bonds. The fourth-order valence-electron chi connectivity index (χ4n) is 2.97. The van der Waals surface area contributed by atoms with E-state index in [2.05, 4.69) is 25.7 Å². The molecular formula is C21H17BrF3NO2. The smallest absolute Gasteiger partial charge is 0.457 e. The third-order valence-corrected chi connectivity index (χ3v) is 5.32. The largest absolute Gasteiger partial charge is 0.573 e. The van der Waals surface area contributed by atoms with E-state index in [1.807, 2.05) is 45.0 Å². The second-order valence-electron chi connectivity index (χ2n) is 6.24. The molecule has 0 N–H and O–H groups in total. The van der Waals surface area contributed by atoms with Crippen molar-refractivity contribution < 1.29 is 22.6 Å². The maximum atomic E-state index is 12.2. The monoisotopic (exact) mass is 451 g/mol. The molecule has 146 valence electrons. The number of alkyl halides is 3. The maximum Gasteiger partial charge on any atom is 0.573 e. The lowest BCUT2D eigenvalue weighted by atomic mass is 9.99. The van der Waals surface area contributed by atoms with Crippen molar-refractivity contribution in [2.24, 2.45) is 0 Å². The van der Waals surface area contributed by atoms with E-state index in [0.29, 0.717) is 11.5 Å². The van der Waals surface area contributed by atoms with E-state index >= 15 is 0 Å². The Bertz CT molecular complexity index is 985. The Morgan fingerprint density at radius 2 is 1.29 bits per heavy atom. The molecule has 3 aromatic rings. The fraction of sp³-hybridized carbons (Fsp3) is 0.190. The van der Waals surface area contributed by atoms with Crippen LogP contribution in [0.2, 0.25) is 0 Å². The van der Waals surface area contributed by atoms with Gasteiger partial charge in [-0.3, -0.25) is 4.98 Å². The SMILES string of the molecule is Cc1nc(C)c(-c2ccc(Oc3ccc(OC(F)(F)F)cc3)cc2)c(C)c1Br. The van der Waals surface area contributed by atoms with Crippen LogP contribution in [0.3, 0.4) is 0 Å². The molecule has 0 unspecified atom stereocenters. The molecule has 7 heteroatoms. The number of aromatic nitrogens is 1. The molecule has 1 aromatic heterocycles. The summed E-state index contributed by atoms with van der Waals surface area (Å²) in [7, 11) is 0. The predicted molar refractivity (Wildman–Crippen MR) is 105 cm³/mol. The number of halogens is 4. The van der Waals surface area contributed by atoms with Crippen LogP contribution in [0.1, 0.15) is 17.0 Å². The van der Waals surface area contributed by atoms with Crippen molar-refractivity contribution in [1.82, 2.24) is 4.98 Å². The van der Waals surface area contributed by atoms with Crippen molar-refractivity contribution in [1.29, 1.82) is 0 Å². The molecule has 2 aromatic carbocycles. The summed E-state index contributed by atoms with van der Waals surface area (Å²) >= 11 is 3.58. The van der Waals surface area contributed by atoms with Gasteiger partial charge in [0.15, 0.2) is 0 Å². The van der Waals surface area contributed by atoms with Crippen LogP contribution < -0.4 is 9.47 Å². The minimum absolute atomic E-state index is 0.293. The number of nitrogens with zero attached hydrogens (tertiary/aromatic N) is 1. The molecule has 0 atom stereocenters. The first-order valence-corrected chi connectivity index (χ1v) is 9.21. The van der Waals surface area contributed by atoms with Gasteiger partial charge in [0, 0.05) is 15.7 Å². The molecule has 0 fully saturated rings. The van der Waals surface area contributed by atoms with E-state index in [1.54, 1.807) is 0 Å². The lowest BCUT2D eigenvalue weighted by Gasteiger charge is -2.14. The minimum Gasteiger partial charge on any atom is -0.457 e. The van der Waals surface area contributed by atoms with Gasteiger partial charge in [0.05, 0.1) is 5.69 Å². The standard InChI is InChI=1S/C21H17BrF3NO2/c1-12-19(13(2)26-14(3)20(12)22)15-4-6-16(7-5-15)27-17-8-10-18(11-9-17)28-21(23,24)25/h4-11H,1-3H3. The van der Waals surface area contributed by atoms with Crippen LogP contribution in [0.5, 0.6) is 17.2 Å². The van der Waals surface area contributed by atoms with Gasteiger partial charge in [0.1, 0.15) is 17.2 Å². The average molecular weight is 452 g/mol. The van der Waals surface area contributed by atoms with E-state index < -0.39 is 6.36 Å². The second-order valence-corrected chi connectivity index (χ2v) is 7.04. The zero-order chi connectivity index (χ0) is 20.5. The molecule has 0 saturated heterocycles. The summed E-state index contributed by atoms with van der Waals surface area (Å²) in [6.07, 6.45) is -4.71. The summed E-state index contributed by atoms with van der Waals surface area (Å²) in [5, 5.41) is 0. The van der Waals surface area contributed by atoms with Crippen LogP contribution in [0.4, 0.5) is 13.2 Å². The molecule has 0 radical (unpaired) electrons. The normalized spacial score (nSPS) is 11.4. The van der Waals surface area contributed by atoms with Crippen molar-refractivity contribution in [2.75, 3.05) is 0 Å². The van der Waals surface area contributed by atoms with E-state index in [-0.39, 0.29) is 5.75 Å². The van der Waals surface area contributed by atoms with Crippen molar-refractivity contribution >= 4 is 15.9 Å². The fourth-order valence-corrected chi connectivity index (χ4v) is 3.26. The summed E-state index contributed by atoms with van der Waals surface area (Å²) in [4.78, 5) is 4.56. The number of benzene rings is 2. The highest BCUT2D eigenvalue weighted by Crippen LogP contribution is 2.34. The van der Waals surface area contributed by atoms with E-state index in [9.17, 15) is 13.2 Å². The van der Waals surface area contributed by atoms with Gasteiger partial charge in [-0.15, -0.1) is 13.2 Å². The van der Waals surface area contributed by atoms with E-state index in [0.717, 1.165) is 32.6 Å². The highest BCUT2D eigenvalue weighted by molar-refractivity contribution is 9.10. The quantitative estimate of drug-likeness (QED) is 0.422. The number of hydrogen-bond acceptors (Lipinski definition) is 3. The van der Waals surface area contributed by atoms with Crippen molar-refractivity contribution in [2.45, 2.75) is 27.1 Å². The maximum absolute atomic E-state index is 12.2.